The van der Waals surface area contributed by atoms with Crippen molar-refractivity contribution in [3.63, 3.8) is 0 Å². The second kappa shape index (κ2) is 8.19. The van der Waals surface area contributed by atoms with Crippen LogP contribution in [0.4, 0.5) is 0 Å². The highest BCUT2D eigenvalue weighted by molar-refractivity contribution is 6.30. The molecule has 0 aliphatic carbocycles. The Hall–Kier alpha value is -3.25. The summed E-state index contributed by atoms with van der Waals surface area (Å²) in [5, 5.41) is 14.6. The van der Waals surface area contributed by atoms with Gasteiger partial charge in [-0.15, -0.1) is 0 Å². The van der Waals surface area contributed by atoms with E-state index in [1.807, 2.05) is 44.2 Å². The van der Waals surface area contributed by atoms with Crippen LogP contribution in [0.5, 0.6) is 11.5 Å². The number of nitrogens with zero attached hydrogens (tertiary/aromatic N) is 2. The van der Waals surface area contributed by atoms with E-state index in [1.54, 1.807) is 12.3 Å². The molecule has 0 unspecified atom stereocenters. The number of halogens is 1. The Kier molecular flexibility index (Phi) is 5.70. The van der Waals surface area contributed by atoms with Crippen LogP contribution in [0.2, 0.25) is 5.02 Å². The van der Waals surface area contributed by atoms with Crippen molar-refractivity contribution in [2.75, 3.05) is 7.11 Å². The summed E-state index contributed by atoms with van der Waals surface area (Å²) in [5.74, 6) is -0.219. The van der Waals surface area contributed by atoms with Gasteiger partial charge in [0.1, 0.15) is 11.5 Å². The molecule has 0 saturated carbocycles. The maximum absolute atomic E-state index is 12.2. The number of hydrazone groups is 1. The zero-order valence-corrected chi connectivity index (χ0v) is 16.5. The fourth-order valence-electron chi connectivity index (χ4n) is 2.96. The van der Waals surface area contributed by atoms with Crippen molar-refractivity contribution >= 4 is 23.7 Å². The number of aromatic nitrogens is 1. The molecule has 1 heterocycles. The summed E-state index contributed by atoms with van der Waals surface area (Å²) in [5.41, 5.74) is 6.41. The molecular formula is C21H20ClN3O3. The van der Waals surface area contributed by atoms with Gasteiger partial charge in [0.25, 0.3) is 5.91 Å². The van der Waals surface area contributed by atoms with E-state index in [0.29, 0.717) is 10.8 Å². The average molecular weight is 398 g/mol. The molecule has 2 N–H and O–H groups in total. The summed E-state index contributed by atoms with van der Waals surface area (Å²) in [6.07, 6.45) is 1.58. The highest BCUT2D eigenvalue weighted by Crippen LogP contribution is 2.23. The average Bonchev–Trinajstić information content (AvgIpc) is 2.96. The predicted octanol–water partition coefficient (Wildman–Crippen LogP) is 4.23. The normalized spacial score (nSPS) is 11.0. The third-order valence-electron chi connectivity index (χ3n) is 4.37. The van der Waals surface area contributed by atoms with Crippen molar-refractivity contribution in [1.29, 1.82) is 0 Å². The van der Waals surface area contributed by atoms with E-state index in [-0.39, 0.29) is 11.3 Å². The number of carbonyl (C=O) groups is 1. The van der Waals surface area contributed by atoms with Crippen molar-refractivity contribution in [3.8, 4) is 17.2 Å². The molecule has 1 amide bonds. The Bertz CT molecular complexity index is 1040. The molecule has 0 aliphatic heterocycles. The van der Waals surface area contributed by atoms with Crippen molar-refractivity contribution < 1.29 is 14.6 Å². The standard InChI is InChI=1S/C21H20ClN3O3/c1-13-10-15(14(2)25(13)17-6-4-16(22)5-7-17)12-23-24-21(27)19-9-8-18(28-3)11-20(19)26/h4-12,26H,1-3H3,(H,24,27)/b23-12-. The summed E-state index contributed by atoms with van der Waals surface area (Å²) >= 11 is 5.97. The van der Waals surface area contributed by atoms with Gasteiger partial charge < -0.3 is 14.4 Å². The van der Waals surface area contributed by atoms with Gasteiger partial charge in [0.15, 0.2) is 0 Å². The number of methoxy groups -OCH3 is 1. The van der Waals surface area contributed by atoms with E-state index in [0.717, 1.165) is 22.6 Å². The van der Waals surface area contributed by atoms with Gasteiger partial charge in [0.05, 0.1) is 18.9 Å². The molecule has 6 nitrogen and oxygen atoms in total. The SMILES string of the molecule is COc1ccc(C(=O)N/N=C\c2cc(C)n(-c3ccc(Cl)cc3)c2C)c(O)c1. The van der Waals surface area contributed by atoms with E-state index >= 15 is 0 Å². The van der Waals surface area contributed by atoms with Crippen LogP contribution in [0.25, 0.3) is 5.69 Å². The summed E-state index contributed by atoms with van der Waals surface area (Å²) in [6.45, 7) is 3.97. The number of aromatic hydroxyl groups is 1. The lowest BCUT2D eigenvalue weighted by molar-refractivity contribution is 0.0952. The molecule has 3 aromatic rings. The van der Waals surface area contributed by atoms with Gasteiger partial charge in [-0.1, -0.05) is 11.6 Å². The van der Waals surface area contributed by atoms with Crippen molar-refractivity contribution in [2.45, 2.75) is 13.8 Å². The Morgan fingerprint density at radius 3 is 2.54 bits per heavy atom. The highest BCUT2D eigenvalue weighted by Gasteiger charge is 2.12. The third kappa shape index (κ3) is 4.02. The molecular weight excluding hydrogens is 378 g/mol. The largest absolute Gasteiger partial charge is 0.507 e. The van der Waals surface area contributed by atoms with Crippen LogP contribution in [0.3, 0.4) is 0 Å². The summed E-state index contributed by atoms with van der Waals surface area (Å²) in [4.78, 5) is 12.2. The summed E-state index contributed by atoms with van der Waals surface area (Å²) in [6, 6.07) is 14.0. The first-order chi connectivity index (χ1) is 13.4. The molecule has 0 bridgehead atoms. The summed E-state index contributed by atoms with van der Waals surface area (Å²) < 4.78 is 7.09. The molecule has 0 fully saturated rings. The lowest BCUT2D eigenvalue weighted by atomic mass is 10.2. The molecule has 7 heteroatoms. The number of phenolic OH excluding ortho intramolecular Hbond substituents is 1. The minimum atomic E-state index is -0.511. The molecule has 144 valence electrons. The van der Waals surface area contributed by atoms with Crippen LogP contribution in [0.15, 0.2) is 53.6 Å². The summed E-state index contributed by atoms with van der Waals surface area (Å²) in [7, 11) is 1.49. The number of phenols is 1. The van der Waals surface area contributed by atoms with Crippen molar-refractivity contribution in [3.05, 3.63) is 76.1 Å². The monoisotopic (exact) mass is 397 g/mol. The Labute approximate surface area is 168 Å². The van der Waals surface area contributed by atoms with Gasteiger partial charge in [0.2, 0.25) is 0 Å². The zero-order chi connectivity index (χ0) is 20.3. The van der Waals surface area contributed by atoms with Crippen LogP contribution in [-0.2, 0) is 0 Å². The van der Waals surface area contributed by atoms with Crippen molar-refractivity contribution in [1.82, 2.24) is 9.99 Å². The van der Waals surface area contributed by atoms with Crippen LogP contribution < -0.4 is 10.2 Å². The Morgan fingerprint density at radius 1 is 1.18 bits per heavy atom. The number of ether oxygens (including phenoxy) is 1. The number of aryl methyl sites for hydroxylation is 1. The fourth-order valence-corrected chi connectivity index (χ4v) is 3.08. The van der Waals surface area contributed by atoms with Crippen LogP contribution >= 0.6 is 11.6 Å². The molecule has 0 aliphatic rings. The molecule has 3 rings (SSSR count). The number of nitrogens with one attached hydrogen (secondary N) is 1. The molecule has 28 heavy (non-hydrogen) atoms. The molecule has 0 atom stereocenters. The van der Waals surface area contributed by atoms with Gasteiger partial charge in [0, 0.05) is 33.7 Å². The smallest absolute Gasteiger partial charge is 0.275 e. The topological polar surface area (TPSA) is 75.8 Å². The number of hydrogen-bond donors (Lipinski definition) is 2. The third-order valence-corrected chi connectivity index (χ3v) is 4.63. The number of carbonyl (C=O) groups excluding carboxylic acids is 1. The lowest BCUT2D eigenvalue weighted by Gasteiger charge is -2.09. The molecule has 0 spiro atoms. The maximum Gasteiger partial charge on any atom is 0.275 e. The second-order valence-corrected chi connectivity index (χ2v) is 6.66. The number of rotatable bonds is 5. The first kappa shape index (κ1) is 19.5. The van der Waals surface area contributed by atoms with Crippen LogP contribution in [0, 0.1) is 13.8 Å². The Balaban J connectivity index is 1.77. The first-order valence-electron chi connectivity index (χ1n) is 8.56. The van der Waals surface area contributed by atoms with E-state index in [4.69, 9.17) is 16.3 Å². The predicted molar refractivity (Wildman–Crippen MR) is 110 cm³/mol. The minimum absolute atomic E-state index is 0.115. The fraction of sp³-hybridized carbons (Fsp3) is 0.143. The molecule has 2 aromatic carbocycles. The highest BCUT2D eigenvalue weighted by atomic mass is 35.5. The van der Waals surface area contributed by atoms with Gasteiger partial charge in [-0.25, -0.2) is 5.43 Å². The van der Waals surface area contributed by atoms with E-state index in [2.05, 4.69) is 15.1 Å². The minimum Gasteiger partial charge on any atom is -0.507 e. The van der Waals surface area contributed by atoms with E-state index < -0.39 is 5.91 Å². The van der Waals surface area contributed by atoms with Gasteiger partial charge >= 0.3 is 0 Å². The van der Waals surface area contributed by atoms with Crippen LogP contribution in [-0.4, -0.2) is 28.9 Å². The number of benzene rings is 2. The van der Waals surface area contributed by atoms with Gasteiger partial charge in [-0.2, -0.15) is 5.10 Å². The van der Waals surface area contributed by atoms with Crippen molar-refractivity contribution in [2.24, 2.45) is 5.10 Å². The van der Waals surface area contributed by atoms with Gasteiger partial charge in [-0.05, 0) is 56.3 Å². The van der Waals surface area contributed by atoms with E-state index in [1.165, 1.54) is 19.2 Å². The Morgan fingerprint density at radius 2 is 1.89 bits per heavy atom. The maximum atomic E-state index is 12.2. The number of hydrogen-bond acceptors (Lipinski definition) is 4. The van der Waals surface area contributed by atoms with Crippen LogP contribution in [0.1, 0.15) is 27.3 Å². The molecule has 0 saturated heterocycles. The molecule has 1 aromatic heterocycles. The first-order valence-corrected chi connectivity index (χ1v) is 8.94. The second-order valence-electron chi connectivity index (χ2n) is 6.22. The molecule has 0 radical (unpaired) electrons. The van der Waals surface area contributed by atoms with Gasteiger partial charge in [-0.3, -0.25) is 4.79 Å². The zero-order valence-electron chi connectivity index (χ0n) is 15.7. The van der Waals surface area contributed by atoms with E-state index in [9.17, 15) is 9.90 Å². The number of amides is 1. The lowest BCUT2D eigenvalue weighted by Crippen LogP contribution is -2.17. The quantitative estimate of drug-likeness (QED) is 0.499.